The molecule has 7 heteroatoms. The van der Waals surface area contributed by atoms with Crippen molar-refractivity contribution in [2.24, 2.45) is 0 Å². The Kier molecular flexibility index (Phi) is 5.58. The highest BCUT2D eigenvalue weighted by Crippen LogP contribution is 2.41. The third-order valence-corrected chi connectivity index (χ3v) is 5.97. The highest BCUT2D eigenvalue weighted by molar-refractivity contribution is 7.80. The molecule has 3 heterocycles. The van der Waals surface area contributed by atoms with Crippen LogP contribution in [0.4, 0.5) is 0 Å². The van der Waals surface area contributed by atoms with E-state index in [1.165, 1.54) is 0 Å². The Hall–Kier alpha value is -2.08. The lowest BCUT2D eigenvalue weighted by Gasteiger charge is -2.25. The second-order valence-corrected chi connectivity index (χ2v) is 7.80. The smallest absolute Gasteiger partial charge is 0.170 e. The van der Waals surface area contributed by atoms with E-state index in [-0.39, 0.29) is 12.1 Å². The quantitative estimate of drug-likeness (QED) is 0.499. The minimum absolute atomic E-state index is 0.0888. The summed E-state index contributed by atoms with van der Waals surface area (Å²) in [6, 6.07) is 15.1. The predicted octanol–water partition coefficient (Wildman–Crippen LogP) is 6.03. The summed E-state index contributed by atoms with van der Waals surface area (Å²) >= 11 is 18.1. The van der Waals surface area contributed by atoms with Crippen molar-refractivity contribution >= 4 is 40.5 Å². The van der Waals surface area contributed by atoms with Crippen LogP contribution in [0.2, 0.25) is 10.0 Å². The Morgan fingerprint density at radius 3 is 2.75 bits per heavy atom. The second kappa shape index (κ2) is 8.11. The maximum absolute atomic E-state index is 6.38. The van der Waals surface area contributed by atoms with Crippen molar-refractivity contribution < 1.29 is 4.42 Å². The number of benzene rings is 1. The van der Waals surface area contributed by atoms with Gasteiger partial charge in [0, 0.05) is 18.3 Å². The van der Waals surface area contributed by atoms with E-state index in [0.29, 0.717) is 20.9 Å². The predicted molar refractivity (Wildman–Crippen MR) is 117 cm³/mol. The van der Waals surface area contributed by atoms with E-state index >= 15 is 0 Å². The number of nitrogens with one attached hydrogen (secondary N) is 1. The van der Waals surface area contributed by atoms with Crippen LogP contribution in [0.25, 0.3) is 11.3 Å². The fraction of sp³-hybridized carbons (Fsp3) is 0.238. The van der Waals surface area contributed by atoms with Gasteiger partial charge in [-0.05, 0) is 55.0 Å². The molecule has 4 rings (SSSR count). The zero-order valence-corrected chi connectivity index (χ0v) is 17.6. The average molecular weight is 432 g/mol. The third kappa shape index (κ3) is 3.50. The zero-order chi connectivity index (χ0) is 19.7. The first kappa shape index (κ1) is 19.2. The van der Waals surface area contributed by atoms with E-state index in [0.717, 1.165) is 30.0 Å². The molecule has 144 valence electrons. The fourth-order valence-corrected chi connectivity index (χ4v) is 4.27. The molecule has 1 saturated heterocycles. The van der Waals surface area contributed by atoms with Crippen molar-refractivity contribution in [3.05, 3.63) is 76.2 Å². The van der Waals surface area contributed by atoms with Gasteiger partial charge in [0.25, 0.3) is 0 Å². The highest BCUT2D eigenvalue weighted by atomic mass is 35.5. The molecule has 3 aromatic rings. The molecule has 1 aromatic carbocycles. The van der Waals surface area contributed by atoms with E-state index in [2.05, 4.69) is 22.1 Å². The van der Waals surface area contributed by atoms with E-state index in [9.17, 15) is 0 Å². The summed E-state index contributed by atoms with van der Waals surface area (Å²) in [7, 11) is 0. The molecule has 1 aliphatic rings. The molecule has 0 saturated carbocycles. The van der Waals surface area contributed by atoms with Crippen molar-refractivity contribution in [2.75, 3.05) is 6.54 Å². The molecule has 2 atom stereocenters. The van der Waals surface area contributed by atoms with Gasteiger partial charge in [0.2, 0.25) is 0 Å². The molecule has 28 heavy (non-hydrogen) atoms. The van der Waals surface area contributed by atoms with Crippen molar-refractivity contribution in [1.29, 1.82) is 0 Å². The number of hydrogen-bond donors (Lipinski definition) is 1. The summed E-state index contributed by atoms with van der Waals surface area (Å²) in [5.74, 6) is 1.49. The number of nitrogens with zero attached hydrogens (tertiary/aromatic N) is 2. The minimum atomic E-state index is -0.0888. The molecule has 1 fully saturated rings. The summed E-state index contributed by atoms with van der Waals surface area (Å²) in [6.07, 6.45) is 2.76. The summed E-state index contributed by atoms with van der Waals surface area (Å²) < 4.78 is 6.25. The van der Waals surface area contributed by atoms with Gasteiger partial charge in [-0.3, -0.25) is 4.98 Å². The van der Waals surface area contributed by atoms with Gasteiger partial charge >= 0.3 is 0 Å². The first-order chi connectivity index (χ1) is 13.6. The van der Waals surface area contributed by atoms with Gasteiger partial charge in [-0.2, -0.15) is 0 Å². The number of pyridine rings is 1. The lowest BCUT2D eigenvalue weighted by atomic mass is 10.0. The summed E-state index contributed by atoms with van der Waals surface area (Å²) in [5, 5.41) is 5.10. The second-order valence-electron chi connectivity index (χ2n) is 6.62. The van der Waals surface area contributed by atoms with Crippen LogP contribution < -0.4 is 5.32 Å². The van der Waals surface area contributed by atoms with Gasteiger partial charge in [0.15, 0.2) is 5.11 Å². The first-order valence-corrected chi connectivity index (χ1v) is 10.3. The van der Waals surface area contributed by atoms with Gasteiger partial charge in [0.05, 0.1) is 21.8 Å². The third-order valence-electron chi connectivity index (χ3n) is 4.80. The molecule has 0 bridgehead atoms. The van der Waals surface area contributed by atoms with Crippen LogP contribution >= 0.6 is 35.4 Å². The molecular formula is C21H19Cl2N3OS. The van der Waals surface area contributed by atoms with Crippen molar-refractivity contribution in [2.45, 2.75) is 25.4 Å². The van der Waals surface area contributed by atoms with Gasteiger partial charge in [-0.25, -0.2) is 0 Å². The summed E-state index contributed by atoms with van der Waals surface area (Å²) in [6.45, 7) is 2.96. The van der Waals surface area contributed by atoms with Crippen molar-refractivity contribution in [3.63, 3.8) is 0 Å². The lowest BCUT2D eigenvalue weighted by molar-refractivity contribution is 0.275. The first-order valence-electron chi connectivity index (χ1n) is 9.12. The maximum Gasteiger partial charge on any atom is 0.170 e. The van der Waals surface area contributed by atoms with Crippen LogP contribution in [0, 0.1) is 0 Å². The molecule has 1 N–H and O–H groups in total. The van der Waals surface area contributed by atoms with E-state index in [1.54, 1.807) is 12.3 Å². The van der Waals surface area contributed by atoms with Crippen LogP contribution in [0.3, 0.4) is 0 Å². The molecule has 1 aliphatic heterocycles. The molecule has 0 amide bonds. The number of thiocarbonyl (C=S) groups is 1. The monoisotopic (exact) mass is 431 g/mol. The molecular weight excluding hydrogens is 413 g/mol. The number of rotatable bonds is 5. The SMILES string of the molecule is CCCN1C(=S)NC(c2ccccn2)C1c1ccc(-c2cccc(Cl)c2Cl)o1. The Bertz CT molecular complexity index is 992. The maximum atomic E-state index is 6.38. The Balaban J connectivity index is 1.75. The molecule has 0 spiro atoms. The van der Waals surface area contributed by atoms with Crippen LogP contribution in [0.1, 0.15) is 36.9 Å². The number of halogens is 2. The van der Waals surface area contributed by atoms with E-state index in [4.69, 9.17) is 39.8 Å². The lowest BCUT2D eigenvalue weighted by Crippen LogP contribution is -2.30. The van der Waals surface area contributed by atoms with Gasteiger partial charge in [-0.1, -0.05) is 42.3 Å². The van der Waals surface area contributed by atoms with Crippen LogP contribution in [-0.4, -0.2) is 21.5 Å². The number of furan rings is 1. The van der Waals surface area contributed by atoms with E-state index < -0.39 is 0 Å². The summed E-state index contributed by atoms with van der Waals surface area (Å²) in [4.78, 5) is 6.69. The van der Waals surface area contributed by atoms with Crippen LogP contribution in [0.15, 0.2) is 59.1 Å². The average Bonchev–Trinajstić information content (AvgIpc) is 3.30. The molecule has 2 aromatic heterocycles. The normalized spacial score (nSPS) is 19.1. The highest BCUT2D eigenvalue weighted by Gasteiger charge is 2.41. The number of aromatic nitrogens is 1. The van der Waals surface area contributed by atoms with E-state index in [1.807, 2.05) is 42.5 Å². The van der Waals surface area contributed by atoms with Gasteiger partial charge in [0.1, 0.15) is 17.6 Å². The largest absolute Gasteiger partial charge is 0.459 e. The van der Waals surface area contributed by atoms with Gasteiger partial charge in [-0.15, -0.1) is 0 Å². The van der Waals surface area contributed by atoms with Crippen molar-refractivity contribution in [3.8, 4) is 11.3 Å². The minimum Gasteiger partial charge on any atom is -0.459 e. The topological polar surface area (TPSA) is 41.3 Å². The Morgan fingerprint density at radius 2 is 2.00 bits per heavy atom. The Morgan fingerprint density at radius 1 is 1.14 bits per heavy atom. The van der Waals surface area contributed by atoms with Crippen LogP contribution in [0.5, 0.6) is 0 Å². The molecule has 2 unspecified atom stereocenters. The molecule has 0 aliphatic carbocycles. The van der Waals surface area contributed by atoms with Crippen LogP contribution in [-0.2, 0) is 0 Å². The Labute approximate surface area is 179 Å². The number of hydrogen-bond acceptors (Lipinski definition) is 3. The standard InChI is InChI=1S/C21H19Cl2N3OS/c1-2-12-26-20(19(25-21(26)28)15-8-3-4-11-24-15)17-10-9-16(27-17)13-6-5-7-14(22)18(13)23/h3-11,19-20H,2,12H2,1H3,(H,25,28). The zero-order valence-electron chi connectivity index (χ0n) is 15.2. The molecule has 4 nitrogen and oxygen atoms in total. The fourth-order valence-electron chi connectivity index (χ4n) is 3.55. The molecule has 0 radical (unpaired) electrons. The van der Waals surface area contributed by atoms with Crippen molar-refractivity contribution in [1.82, 2.24) is 15.2 Å². The summed E-state index contributed by atoms with van der Waals surface area (Å²) in [5.41, 5.74) is 1.69. The van der Waals surface area contributed by atoms with Gasteiger partial charge < -0.3 is 14.6 Å².